The molecule has 5 heteroatoms. The number of halogens is 1. The van der Waals surface area contributed by atoms with Gasteiger partial charge in [-0.25, -0.2) is 5.43 Å². The standard InChI is InChI=1S/C14H17BrN2O2/c1-9(2)18-11-5-3-10(4-6-11)14(17-16)12-7-8-13(15)19-12/h3-9,14,17H,16H2,1-2H3. The summed E-state index contributed by atoms with van der Waals surface area (Å²) in [4.78, 5) is 0. The lowest BCUT2D eigenvalue weighted by Gasteiger charge is -2.15. The maximum atomic E-state index is 5.61. The maximum Gasteiger partial charge on any atom is 0.169 e. The van der Waals surface area contributed by atoms with E-state index < -0.39 is 0 Å². The van der Waals surface area contributed by atoms with Crippen LogP contribution in [0, 0.1) is 0 Å². The molecule has 2 rings (SSSR count). The third kappa shape index (κ3) is 3.59. The summed E-state index contributed by atoms with van der Waals surface area (Å²) in [6.07, 6.45) is 0.162. The molecule has 0 saturated heterocycles. The number of hydrogen-bond acceptors (Lipinski definition) is 4. The molecule has 4 nitrogen and oxygen atoms in total. The Kier molecular flexibility index (Phi) is 4.63. The minimum Gasteiger partial charge on any atom is -0.491 e. The van der Waals surface area contributed by atoms with Crippen LogP contribution in [0.25, 0.3) is 0 Å². The summed E-state index contributed by atoms with van der Waals surface area (Å²) in [6.45, 7) is 4.00. The molecule has 0 fully saturated rings. The number of nitrogens with two attached hydrogens (primary N) is 1. The number of ether oxygens (including phenoxy) is 1. The van der Waals surface area contributed by atoms with Crippen molar-refractivity contribution in [3.63, 3.8) is 0 Å². The fraction of sp³-hybridized carbons (Fsp3) is 0.286. The number of furan rings is 1. The molecule has 2 aromatic rings. The highest BCUT2D eigenvalue weighted by Gasteiger charge is 2.16. The van der Waals surface area contributed by atoms with E-state index in [2.05, 4.69) is 21.4 Å². The average Bonchev–Trinajstić information content (AvgIpc) is 2.78. The van der Waals surface area contributed by atoms with Crippen LogP contribution in [-0.4, -0.2) is 6.10 Å². The molecule has 0 spiro atoms. The van der Waals surface area contributed by atoms with E-state index in [1.807, 2.05) is 50.2 Å². The van der Waals surface area contributed by atoms with Crippen LogP contribution >= 0.6 is 15.9 Å². The Hall–Kier alpha value is -1.30. The van der Waals surface area contributed by atoms with Crippen molar-refractivity contribution in [1.82, 2.24) is 5.43 Å². The number of rotatable bonds is 5. The van der Waals surface area contributed by atoms with Crippen LogP contribution in [0.5, 0.6) is 5.75 Å². The molecule has 0 saturated carbocycles. The first-order chi connectivity index (χ1) is 9.10. The average molecular weight is 325 g/mol. The summed E-state index contributed by atoms with van der Waals surface area (Å²) >= 11 is 3.29. The van der Waals surface area contributed by atoms with Crippen molar-refractivity contribution in [1.29, 1.82) is 0 Å². The minimum atomic E-state index is -0.181. The summed E-state index contributed by atoms with van der Waals surface area (Å²) in [6, 6.07) is 11.3. The van der Waals surface area contributed by atoms with Gasteiger partial charge >= 0.3 is 0 Å². The number of nitrogens with one attached hydrogen (secondary N) is 1. The van der Waals surface area contributed by atoms with Gasteiger partial charge in [0.2, 0.25) is 0 Å². The number of hydrogen-bond donors (Lipinski definition) is 2. The molecule has 0 amide bonds. The molecule has 0 radical (unpaired) electrons. The van der Waals surface area contributed by atoms with Crippen molar-refractivity contribution in [2.24, 2.45) is 5.84 Å². The predicted molar refractivity (Wildman–Crippen MR) is 77.8 cm³/mol. The van der Waals surface area contributed by atoms with Crippen LogP contribution in [0.1, 0.15) is 31.2 Å². The zero-order chi connectivity index (χ0) is 13.8. The van der Waals surface area contributed by atoms with E-state index in [1.54, 1.807) is 0 Å². The normalized spacial score (nSPS) is 12.7. The summed E-state index contributed by atoms with van der Waals surface area (Å²) in [5.74, 6) is 7.21. The third-order valence-electron chi connectivity index (χ3n) is 2.63. The number of benzene rings is 1. The second-order valence-electron chi connectivity index (χ2n) is 4.48. The Labute approximate surface area is 121 Å². The molecule has 3 N–H and O–H groups in total. The Morgan fingerprint density at radius 1 is 1.16 bits per heavy atom. The second kappa shape index (κ2) is 6.23. The molecule has 0 aliphatic heterocycles. The quantitative estimate of drug-likeness (QED) is 0.653. The highest BCUT2D eigenvalue weighted by atomic mass is 79.9. The van der Waals surface area contributed by atoms with E-state index in [0.29, 0.717) is 4.67 Å². The van der Waals surface area contributed by atoms with Crippen LogP contribution < -0.4 is 16.0 Å². The lowest BCUT2D eigenvalue weighted by molar-refractivity contribution is 0.242. The van der Waals surface area contributed by atoms with Crippen LogP contribution in [0.4, 0.5) is 0 Å². The Morgan fingerprint density at radius 3 is 2.32 bits per heavy atom. The predicted octanol–water partition coefficient (Wildman–Crippen LogP) is 3.38. The minimum absolute atomic E-state index is 0.162. The molecule has 0 aliphatic rings. The molecule has 1 heterocycles. The summed E-state index contributed by atoms with van der Waals surface area (Å²) in [5.41, 5.74) is 3.77. The van der Waals surface area contributed by atoms with Crippen molar-refractivity contribution >= 4 is 15.9 Å². The van der Waals surface area contributed by atoms with Gasteiger partial charge in [0.05, 0.1) is 6.10 Å². The lowest BCUT2D eigenvalue weighted by Crippen LogP contribution is -2.28. The topological polar surface area (TPSA) is 60.4 Å². The van der Waals surface area contributed by atoms with Gasteiger partial charge in [0.25, 0.3) is 0 Å². The van der Waals surface area contributed by atoms with E-state index in [-0.39, 0.29) is 12.1 Å². The molecule has 19 heavy (non-hydrogen) atoms. The van der Waals surface area contributed by atoms with Crippen LogP contribution in [0.15, 0.2) is 45.5 Å². The summed E-state index contributed by atoms with van der Waals surface area (Å²) in [7, 11) is 0. The molecule has 0 bridgehead atoms. The molecular weight excluding hydrogens is 308 g/mol. The van der Waals surface area contributed by atoms with Gasteiger partial charge in [-0.05, 0) is 59.6 Å². The van der Waals surface area contributed by atoms with Crippen molar-refractivity contribution in [3.8, 4) is 5.75 Å². The van der Waals surface area contributed by atoms with Gasteiger partial charge in [-0.1, -0.05) is 12.1 Å². The summed E-state index contributed by atoms with van der Waals surface area (Å²) in [5, 5.41) is 0. The Morgan fingerprint density at radius 2 is 1.84 bits per heavy atom. The number of hydrazine groups is 1. The van der Waals surface area contributed by atoms with E-state index in [9.17, 15) is 0 Å². The first-order valence-corrected chi connectivity index (χ1v) is 6.87. The summed E-state index contributed by atoms with van der Waals surface area (Å²) < 4.78 is 11.8. The van der Waals surface area contributed by atoms with Crippen molar-refractivity contribution < 1.29 is 9.15 Å². The van der Waals surface area contributed by atoms with E-state index in [4.69, 9.17) is 15.0 Å². The largest absolute Gasteiger partial charge is 0.491 e. The molecule has 1 aromatic heterocycles. The Balaban J connectivity index is 2.19. The van der Waals surface area contributed by atoms with Crippen molar-refractivity contribution in [2.45, 2.75) is 26.0 Å². The molecule has 1 atom stereocenters. The molecule has 1 aromatic carbocycles. The fourth-order valence-corrected chi connectivity index (χ4v) is 2.16. The second-order valence-corrected chi connectivity index (χ2v) is 5.26. The molecule has 102 valence electrons. The Bertz CT molecular complexity index is 522. The zero-order valence-corrected chi connectivity index (χ0v) is 12.5. The van der Waals surface area contributed by atoms with Crippen molar-refractivity contribution in [3.05, 3.63) is 52.4 Å². The first kappa shape index (κ1) is 14.1. The molecule has 0 aliphatic carbocycles. The van der Waals surface area contributed by atoms with Gasteiger partial charge < -0.3 is 9.15 Å². The third-order valence-corrected chi connectivity index (χ3v) is 3.06. The smallest absolute Gasteiger partial charge is 0.169 e. The molecule has 1 unspecified atom stereocenters. The SMILES string of the molecule is CC(C)Oc1ccc(C(NN)c2ccc(Br)o2)cc1. The van der Waals surface area contributed by atoms with Gasteiger partial charge in [0.1, 0.15) is 17.6 Å². The lowest BCUT2D eigenvalue weighted by atomic mass is 10.1. The van der Waals surface area contributed by atoms with Gasteiger partial charge in [-0.3, -0.25) is 5.84 Å². The van der Waals surface area contributed by atoms with E-state index in [0.717, 1.165) is 17.1 Å². The van der Waals surface area contributed by atoms with Crippen LogP contribution in [0.3, 0.4) is 0 Å². The van der Waals surface area contributed by atoms with Crippen LogP contribution in [-0.2, 0) is 0 Å². The van der Waals surface area contributed by atoms with Gasteiger partial charge in [-0.15, -0.1) is 0 Å². The van der Waals surface area contributed by atoms with Crippen molar-refractivity contribution in [2.75, 3.05) is 0 Å². The van der Waals surface area contributed by atoms with Gasteiger partial charge in [0, 0.05) is 0 Å². The van der Waals surface area contributed by atoms with Gasteiger partial charge in [-0.2, -0.15) is 0 Å². The highest BCUT2D eigenvalue weighted by molar-refractivity contribution is 9.10. The first-order valence-electron chi connectivity index (χ1n) is 6.08. The van der Waals surface area contributed by atoms with E-state index in [1.165, 1.54) is 0 Å². The molecular formula is C14H17BrN2O2. The van der Waals surface area contributed by atoms with E-state index >= 15 is 0 Å². The van der Waals surface area contributed by atoms with Gasteiger partial charge in [0.15, 0.2) is 4.67 Å². The fourth-order valence-electron chi connectivity index (χ4n) is 1.84. The zero-order valence-electron chi connectivity index (χ0n) is 10.9. The monoisotopic (exact) mass is 324 g/mol. The maximum absolute atomic E-state index is 5.61. The highest BCUT2D eigenvalue weighted by Crippen LogP contribution is 2.27. The van der Waals surface area contributed by atoms with Crippen LogP contribution in [0.2, 0.25) is 0 Å².